The van der Waals surface area contributed by atoms with Crippen LogP contribution in [0.25, 0.3) is 0 Å². The van der Waals surface area contributed by atoms with Crippen LogP contribution in [0, 0.1) is 0 Å². The second kappa shape index (κ2) is 7.35. The average molecular weight is 234 g/mol. The van der Waals surface area contributed by atoms with Crippen molar-refractivity contribution in [2.45, 2.75) is 38.4 Å². The molecule has 0 aliphatic heterocycles. The van der Waals surface area contributed by atoms with Crippen molar-refractivity contribution in [3.8, 4) is 0 Å². The highest BCUT2D eigenvalue weighted by atomic mass is 32.2. The van der Waals surface area contributed by atoms with E-state index in [4.69, 9.17) is 12.2 Å². The SMILES string of the molecule is CCCCNC(=S)NCC(C)(C)SC. The summed E-state index contributed by atoms with van der Waals surface area (Å²) in [6, 6.07) is 0. The van der Waals surface area contributed by atoms with Crippen molar-refractivity contribution in [3.05, 3.63) is 0 Å². The molecular weight excluding hydrogens is 212 g/mol. The Hall–Kier alpha value is 0.0400. The van der Waals surface area contributed by atoms with Gasteiger partial charge >= 0.3 is 0 Å². The van der Waals surface area contributed by atoms with E-state index in [-0.39, 0.29) is 4.75 Å². The van der Waals surface area contributed by atoms with E-state index in [1.165, 1.54) is 12.8 Å². The van der Waals surface area contributed by atoms with Crippen molar-refractivity contribution >= 4 is 29.1 Å². The van der Waals surface area contributed by atoms with Gasteiger partial charge in [-0.2, -0.15) is 11.8 Å². The summed E-state index contributed by atoms with van der Waals surface area (Å²) in [5.41, 5.74) is 0. The highest BCUT2D eigenvalue weighted by Gasteiger charge is 2.15. The monoisotopic (exact) mass is 234 g/mol. The first kappa shape index (κ1) is 14.0. The Morgan fingerprint density at radius 1 is 1.36 bits per heavy atom. The molecule has 0 aromatic carbocycles. The van der Waals surface area contributed by atoms with Crippen molar-refractivity contribution in [2.24, 2.45) is 0 Å². The third-order valence-corrected chi connectivity index (χ3v) is 3.58. The Balaban J connectivity index is 3.53. The summed E-state index contributed by atoms with van der Waals surface area (Å²) in [6.07, 6.45) is 4.49. The molecule has 0 radical (unpaired) electrons. The summed E-state index contributed by atoms with van der Waals surface area (Å²) in [4.78, 5) is 0. The predicted molar refractivity (Wildman–Crippen MR) is 71.1 cm³/mol. The molecule has 0 aromatic heterocycles. The number of unbranched alkanes of at least 4 members (excludes halogenated alkanes) is 1. The highest BCUT2D eigenvalue weighted by Crippen LogP contribution is 2.19. The van der Waals surface area contributed by atoms with Gasteiger partial charge in [0.05, 0.1) is 0 Å². The van der Waals surface area contributed by atoms with Crippen molar-refractivity contribution in [1.29, 1.82) is 0 Å². The van der Waals surface area contributed by atoms with Gasteiger partial charge in [-0.05, 0) is 38.7 Å². The number of hydrogen-bond acceptors (Lipinski definition) is 2. The minimum absolute atomic E-state index is 0.247. The van der Waals surface area contributed by atoms with Gasteiger partial charge in [-0.3, -0.25) is 0 Å². The lowest BCUT2D eigenvalue weighted by atomic mass is 10.2. The van der Waals surface area contributed by atoms with Crippen LogP contribution in [0.5, 0.6) is 0 Å². The van der Waals surface area contributed by atoms with Crippen molar-refractivity contribution in [1.82, 2.24) is 10.6 Å². The normalized spacial score (nSPS) is 11.1. The van der Waals surface area contributed by atoms with Crippen molar-refractivity contribution in [3.63, 3.8) is 0 Å². The van der Waals surface area contributed by atoms with Crippen LogP contribution in [0.2, 0.25) is 0 Å². The largest absolute Gasteiger partial charge is 0.363 e. The molecule has 0 aromatic rings. The van der Waals surface area contributed by atoms with Gasteiger partial charge in [0.1, 0.15) is 0 Å². The van der Waals surface area contributed by atoms with E-state index >= 15 is 0 Å². The van der Waals surface area contributed by atoms with Crippen LogP contribution in [0.3, 0.4) is 0 Å². The lowest BCUT2D eigenvalue weighted by Gasteiger charge is -2.23. The van der Waals surface area contributed by atoms with E-state index < -0.39 is 0 Å². The Morgan fingerprint density at radius 3 is 2.50 bits per heavy atom. The van der Waals surface area contributed by atoms with E-state index in [0.29, 0.717) is 0 Å². The van der Waals surface area contributed by atoms with E-state index in [9.17, 15) is 0 Å². The third-order valence-electron chi connectivity index (χ3n) is 2.04. The highest BCUT2D eigenvalue weighted by molar-refractivity contribution is 7.99. The van der Waals surface area contributed by atoms with Crippen LogP contribution in [0.15, 0.2) is 0 Å². The summed E-state index contributed by atoms with van der Waals surface area (Å²) < 4.78 is 0.247. The minimum Gasteiger partial charge on any atom is -0.363 e. The molecule has 0 spiro atoms. The van der Waals surface area contributed by atoms with Gasteiger partial charge in [0.2, 0.25) is 0 Å². The van der Waals surface area contributed by atoms with Crippen LogP contribution >= 0.6 is 24.0 Å². The van der Waals surface area contributed by atoms with Gasteiger partial charge < -0.3 is 10.6 Å². The van der Waals surface area contributed by atoms with Crippen LogP contribution in [-0.2, 0) is 0 Å². The molecule has 0 heterocycles. The Bertz CT molecular complexity index is 170. The molecule has 84 valence electrons. The standard InChI is InChI=1S/C10H22N2S2/c1-5-6-7-11-9(13)12-8-10(2,3)14-4/h5-8H2,1-4H3,(H2,11,12,13). The Kier molecular flexibility index (Phi) is 7.37. The van der Waals surface area contributed by atoms with Gasteiger partial charge in [-0.25, -0.2) is 0 Å². The van der Waals surface area contributed by atoms with E-state index in [0.717, 1.165) is 18.2 Å². The molecule has 0 aliphatic rings. The Labute approximate surface area is 97.6 Å². The summed E-state index contributed by atoms with van der Waals surface area (Å²) in [5.74, 6) is 0. The molecule has 0 fully saturated rings. The molecule has 2 N–H and O–H groups in total. The second-order valence-corrected chi connectivity index (χ2v) is 5.85. The number of thioether (sulfide) groups is 1. The lowest BCUT2D eigenvalue weighted by Crippen LogP contribution is -2.42. The summed E-state index contributed by atoms with van der Waals surface area (Å²) >= 11 is 7.00. The van der Waals surface area contributed by atoms with Crippen LogP contribution in [0.4, 0.5) is 0 Å². The van der Waals surface area contributed by atoms with Gasteiger partial charge in [-0.15, -0.1) is 0 Å². The first-order chi connectivity index (χ1) is 6.52. The molecule has 4 heteroatoms. The first-order valence-corrected chi connectivity index (χ1v) is 6.72. The quantitative estimate of drug-likeness (QED) is 0.544. The molecule has 0 rings (SSSR count). The number of nitrogens with one attached hydrogen (secondary N) is 2. The average Bonchev–Trinajstić information content (AvgIpc) is 2.16. The molecule has 0 aliphatic carbocycles. The van der Waals surface area contributed by atoms with E-state index in [1.807, 2.05) is 11.8 Å². The van der Waals surface area contributed by atoms with Crippen molar-refractivity contribution in [2.75, 3.05) is 19.3 Å². The van der Waals surface area contributed by atoms with E-state index in [2.05, 4.69) is 37.7 Å². The van der Waals surface area contributed by atoms with Crippen LogP contribution in [-0.4, -0.2) is 29.2 Å². The molecule has 0 bridgehead atoms. The Morgan fingerprint density at radius 2 is 2.00 bits per heavy atom. The molecule has 0 saturated heterocycles. The number of rotatable bonds is 6. The zero-order valence-electron chi connectivity index (χ0n) is 9.64. The third kappa shape index (κ3) is 7.44. The minimum atomic E-state index is 0.247. The molecule has 14 heavy (non-hydrogen) atoms. The van der Waals surface area contributed by atoms with Gasteiger partial charge in [0, 0.05) is 17.8 Å². The van der Waals surface area contributed by atoms with E-state index in [1.54, 1.807) is 0 Å². The maximum atomic E-state index is 5.15. The fourth-order valence-corrected chi connectivity index (χ4v) is 1.20. The van der Waals surface area contributed by atoms with Crippen molar-refractivity contribution < 1.29 is 0 Å². The van der Waals surface area contributed by atoms with Crippen LogP contribution < -0.4 is 10.6 Å². The van der Waals surface area contributed by atoms with Gasteiger partial charge in [0.25, 0.3) is 0 Å². The fourth-order valence-electron chi connectivity index (χ4n) is 0.807. The predicted octanol–water partition coefficient (Wildman–Crippen LogP) is 2.39. The molecule has 0 amide bonds. The maximum absolute atomic E-state index is 5.15. The first-order valence-electron chi connectivity index (χ1n) is 5.08. The second-order valence-electron chi connectivity index (χ2n) is 3.93. The number of thiocarbonyl (C=S) groups is 1. The molecule has 2 nitrogen and oxygen atoms in total. The molecule has 0 saturated carbocycles. The summed E-state index contributed by atoms with van der Waals surface area (Å²) in [7, 11) is 0. The zero-order valence-corrected chi connectivity index (χ0v) is 11.3. The zero-order chi connectivity index (χ0) is 11.0. The maximum Gasteiger partial charge on any atom is 0.166 e. The molecular formula is C10H22N2S2. The smallest absolute Gasteiger partial charge is 0.166 e. The molecule has 0 unspecified atom stereocenters. The summed E-state index contributed by atoms with van der Waals surface area (Å²) in [6.45, 7) is 8.47. The number of hydrogen-bond donors (Lipinski definition) is 2. The topological polar surface area (TPSA) is 24.1 Å². The van der Waals surface area contributed by atoms with Gasteiger partial charge in [0.15, 0.2) is 5.11 Å². The van der Waals surface area contributed by atoms with Gasteiger partial charge in [-0.1, -0.05) is 13.3 Å². The summed E-state index contributed by atoms with van der Waals surface area (Å²) in [5, 5.41) is 7.20. The van der Waals surface area contributed by atoms with Crippen LogP contribution in [0.1, 0.15) is 33.6 Å². The lowest BCUT2D eigenvalue weighted by molar-refractivity contribution is 0.665. The fraction of sp³-hybridized carbons (Fsp3) is 0.900. The molecule has 0 atom stereocenters.